The first-order chi connectivity index (χ1) is 17.0. The van der Waals surface area contributed by atoms with Gasteiger partial charge in [0.15, 0.2) is 11.9 Å². The van der Waals surface area contributed by atoms with Crippen LogP contribution in [0.3, 0.4) is 0 Å². The van der Waals surface area contributed by atoms with Crippen molar-refractivity contribution in [2.24, 2.45) is 0 Å². The third-order valence-corrected chi connectivity index (χ3v) is 6.85. The first kappa shape index (κ1) is 22.6. The molecule has 35 heavy (non-hydrogen) atoms. The summed E-state index contributed by atoms with van der Waals surface area (Å²) < 4.78 is 6.24. The van der Waals surface area contributed by atoms with Crippen LogP contribution >= 0.6 is 11.8 Å². The van der Waals surface area contributed by atoms with Crippen molar-refractivity contribution >= 4 is 29.3 Å². The Bertz CT molecular complexity index is 1450. The van der Waals surface area contributed by atoms with Gasteiger partial charge < -0.3 is 4.74 Å². The second-order valence-corrected chi connectivity index (χ2v) is 9.35. The average molecular weight is 480 g/mol. The molecule has 0 radical (unpaired) electrons. The molecule has 0 N–H and O–H groups in total. The number of rotatable bonds is 5. The van der Waals surface area contributed by atoms with E-state index in [-0.39, 0.29) is 16.4 Å². The highest BCUT2D eigenvalue weighted by molar-refractivity contribution is 7.99. The molecule has 1 aliphatic heterocycles. The molecule has 5 nitrogen and oxygen atoms in total. The number of para-hydroxylation sites is 1. The molecule has 1 atom stereocenters. The predicted octanol–water partition coefficient (Wildman–Crippen LogP) is 7.45. The minimum absolute atomic E-state index is 0.00855. The first-order valence-corrected chi connectivity index (χ1v) is 11.9. The van der Waals surface area contributed by atoms with Crippen LogP contribution in [0.25, 0.3) is 6.08 Å². The van der Waals surface area contributed by atoms with E-state index in [1.807, 2.05) is 67.6 Å². The van der Waals surface area contributed by atoms with Gasteiger partial charge in [-0.1, -0.05) is 78.0 Å². The van der Waals surface area contributed by atoms with Gasteiger partial charge in [0.05, 0.1) is 15.4 Å². The number of carbonyl (C=O) groups is 1. The number of ketones is 1. The Morgan fingerprint density at radius 1 is 0.914 bits per heavy atom. The fourth-order valence-corrected chi connectivity index (χ4v) is 4.90. The molecule has 0 saturated heterocycles. The van der Waals surface area contributed by atoms with E-state index in [0.717, 1.165) is 16.0 Å². The Kier molecular flexibility index (Phi) is 6.21. The highest BCUT2D eigenvalue weighted by atomic mass is 32.2. The number of aryl methyl sites for hydroxylation is 1. The second-order valence-electron chi connectivity index (χ2n) is 8.23. The molecular formula is C29H21NO4S. The maximum absolute atomic E-state index is 13.5. The van der Waals surface area contributed by atoms with Gasteiger partial charge in [0, 0.05) is 16.5 Å². The Morgan fingerprint density at radius 3 is 2.37 bits per heavy atom. The number of hydrogen-bond donors (Lipinski definition) is 0. The summed E-state index contributed by atoms with van der Waals surface area (Å²) in [5, 5.41) is 11.9. The fraction of sp³-hybridized carbons (Fsp3) is 0.0690. The summed E-state index contributed by atoms with van der Waals surface area (Å²) in [6.45, 7) is 2.00. The molecule has 0 aromatic heterocycles. The van der Waals surface area contributed by atoms with Crippen molar-refractivity contribution in [1.82, 2.24) is 0 Å². The van der Waals surface area contributed by atoms with Crippen LogP contribution in [0.5, 0.6) is 5.75 Å². The second kappa shape index (κ2) is 9.60. The minimum Gasteiger partial charge on any atom is -0.480 e. The van der Waals surface area contributed by atoms with Crippen LogP contribution in [0.15, 0.2) is 112 Å². The molecule has 1 aliphatic rings. The molecule has 6 heteroatoms. The summed E-state index contributed by atoms with van der Waals surface area (Å²) in [5.41, 5.74) is 3.43. The lowest BCUT2D eigenvalue weighted by Gasteiger charge is -2.28. The van der Waals surface area contributed by atoms with Gasteiger partial charge in [-0.05, 0) is 54.5 Å². The Hall–Kier alpha value is -4.16. The van der Waals surface area contributed by atoms with Crippen LogP contribution in [0.1, 0.15) is 33.2 Å². The van der Waals surface area contributed by atoms with Gasteiger partial charge in [0.1, 0.15) is 5.75 Å². The predicted molar refractivity (Wildman–Crippen MR) is 137 cm³/mol. The van der Waals surface area contributed by atoms with Crippen LogP contribution in [0.2, 0.25) is 0 Å². The molecule has 172 valence electrons. The van der Waals surface area contributed by atoms with E-state index < -0.39 is 6.10 Å². The van der Waals surface area contributed by atoms with E-state index >= 15 is 0 Å². The minimum atomic E-state index is -0.612. The smallest absolute Gasteiger partial charge is 0.283 e. The van der Waals surface area contributed by atoms with Crippen molar-refractivity contribution in [3.8, 4) is 5.75 Å². The highest BCUT2D eigenvalue weighted by Gasteiger charge is 2.32. The number of benzene rings is 4. The van der Waals surface area contributed by atoms with Gasteiger partial charge in [0.25, 0.3) is 5.69 Å². The van der Waals surface area contributed by atoms with Crippen molar-refractivity contribution in [3.63, 3.8) is 0 Å². The van der Waals surface area contributed by atoms with Crippen molar-refractivity contribution in [1.29, 1.82) is 0 Å². The number of nitrogens with zero attached hydrogens (tertiary/aromatic N) is 1. The van der Waals surface area contributed by atoms with Gasteiger partial charge >= 0.3 is 0 Å². The molecule has 1 heterocycles. The molecule has 5 rings (SSSR count). The van der Waals surface area contributed by atoms with E-state index in [4.69, 9.17) is 4.74 Å². The molecule has 0 amide bonds. The molecular weight excluding hydrogens is 458 g/mol. The summed E-state index contributed by atoms with van der Waals surface area (Å²) >= 11 is 1.34. The third-order valence-electron chi connectivity index (χ3n) is 5.77. The lowest BCUT2D eigenvalue weighted by molar-refractivity contribution is -0.387. The molecule has 4 aromatic carbocycles. The zero-order valence-electron chi connectivity index (χ0n) is 18.9. The van der Waals surface area contributed by atoms with E-state index in [1.165, 1.54) is 17.8 Å². The van der Waals surface area contributed by atoms with Gasteiger partial charge in [-0.2, -0.15) is 0 Å². The summed E-state index contributed by atoms with van der Waals surface area (Å²) in [5.74, 6) is 0.376. The van der Waals surface area contributed by atoms with Gasteiger partial charge in [-0.15, -0.1) is 0 Å². The summed E-state index contributed by atoms with van der Waals surface area (Å²) in [6, 6.07) is 29.5. The molecule has 0 aliphatic carbocycles. The maximum Gasteiger partial charge on any atom is 0.283 e. The zero-order valence-corrected chi connectivity index (χ0v) is 19.7. The summed E-state index contributed by atoms with van der Waals surface area (Å²) in [7, 11) is 0. The first-order valence-electron chi connectivity index (χ1n) is 11.1. The monoisotopic (exact) mass is 479 g/mol. The van der Waals surface area contributed by atoms with Crippen LogP contribution in [0, 0.1) is 17.0 Å². The van der Waals surface area contributed by atoms with Crippen molar-refractivity contribution in [3.05, 3.63) is 135 Å². The Labute approximate surface area is 207 Å². The van der Waals surface area contributed by atoms with Crippen molar-refractivity contribution in [2.45, 2.75) is 22.8 Å². The standard InChI is InChI=1S/C29H21NO4S/c1-19-11-14-22(15-12-19)35-27-16-13-20(18-25(27)30(32)33)17-24-28(31)23-9-5-6-10-26(23)34-29(24)21-7-3-2-4-8-21/h2-18,29H,1H3/b24-17+. The van der Waals surface area contributed by atoms with E-state index in [0.29, 0.717) is 27.3 Å². The number of Topliss-reactive ketones (excluding diaryl/α,β-unsaturated/α-hetero) is 1. The fourth-order valence-electron chi connectivity index (χ4n) is 4.00. The maximum atomic E-state index is 13.5. The summed E-state index contributed by atoms with van der Waals surface area (Å²) in [4.78, 5) is 26.4. The number of nitro benzene ring substituents is 1. The highest BCUT2D eigenvalue weighted by Crippen LogP contribution is 2.40. The van der Waals surface area contributed by atoms with Gasteiger partial charge in [-0.25, -0.2) is 0 Å². The van der Waals surface area contributed by atoms with Gasteiger partial charge in [0.2, 0.25) is 0 Å². The van der Waals surface area contributed by atoms with E-state index in [1.54, 1.807) is 36.4 Å². The number of carbonyl (C=O) groups excluding carboxylic acids is 1. The lowest BCUT2D eigenvalue weighted by Crippen LogP contribution is -2.23. The SMILES string of the molecule is Cc1ccc(Sc2ccc(/C=C3\C(=O)c4ccccc4OC3c3ccccc3)cc2[N+](=O)[O-])cc1. The molecule has 1 unspecified atom stereocenters. The normalized spacial score (nSPS) is 16.0. The quantitative estimate of drug-likeness (QED) is 0.169. The third kappa shape index (κ3) is 4.74. The molecule has 0 fully saturated rings. The molecule has 0 saturated carbocycles. The number of ether oxygens (including phenoxy) is 1. The van der Waals surface area contributed by atoms with Crippen LogP contribution in [-0.2, 0) is 0 Å². The van der Waals surface area contributed by atoms with Crippen molar-refractivity contribution in [2.75, 3.05) is 0 Å². The number of fused-ring (bicyclic) bond motifs is 1. The van der Waals surface area contributed by atoms with Crippen LogP contribution in [0.4, 0.5) is 5.69 Å². The van der Waals surface area contributed by atoms with Crippen molar-refractivity contribution < 1.29 is 14.5 Å². The van der Waals surface area contributed by atoms with Crippen LogP contribution < -0.4 is 4.74 Å². The van der Waals surface area contributed by atoms with E-state index in [9.17, 15) is 14.9 Å². The number of nitro groups is 1. The Morgan fingerprint density at radius 2 is 1.63 bits per heavy atom. The average Bonchev–Trinajstić information content (AvgIpc) is 2.88. The number of hydrogen-bond acceptors (Lipinski definition) is 5. The summed E-state index contributed by atoms with van der Waals surface area (Å²) in [6.07, 6.45) is 1.09. The van der Waals surface area contributed by atoms with E-state index in [2.05, 4.69) is 0 Å². The van der Waals surface area contributed by atoms with Gasteiger partial charge in [-0.3, -0.25) is 14.9 Å². The topological polar surface area (TPSA) is 69.4 Å². The molecule has 0 spiro atoms. The lowest BCUT2D eigenvalue weighted by atomic mass is 9.89. The largest absolute Gasteiger partial charge is 0.480 e. The Balaban J connectivity index is 1.56. The molecule has 4 aromatic rings. The molecule has 0 bridgehead atoms. The van der Waals surface area contributed by atoms with Crippen LogP contribution in [-0.4, -0.2) is 10.7 Å². The zero-order chi connectivity index (χ0) is 24.4.